The van der Waals surface area contributed by atoms with Crippen molar-refractivity contribution in [2.75, 3.05) is 7.11 Å². The third kappa shape index (κ3) is 3.36. The van der Waals surface area contributed by atoms with Crippen molar-refractivity contribution in [1.82, 2.24) is 9.55 Å². The maximum atomic E-state index is 13.7. The zero-order valence-corrected chi connectivity index (χ0v) is 18.5. The van der Waals surface area contributed by atoms with Gasteiger partial charge in [-0.15, -0.1) is 0 Å². The van der Waals surface area contributed by atoms with Gasteiger partial charge in [-0.2, -0.15) is 0 Å². The normalized spacial score (nSPS) is 12.5. The van der Waals surface area contributed by atoms with Crippen molar-refractivity contribution in [3.8, 4) is 22.7 Å². The average molecular weight is 443 g/mol. The summed E-state index contributed by atoms with van der Waals surface area (Å²) in [6.45, 7) is 4.78. The summed E-state index contributed by atoms with van der Waals surface area (Å²) >= 11 is 0. The van der Waals surface area contributed by atoms with Crippen LogP contribution in [0.15, 0.2) is 53.7 Å². The molecule has 0 radical (unpaired) electrons. The Morgan fingerprint density at radius 3 is 2.61 bits per heavy atom. The highest BCUT2D eigenvalue weighted by Crippen LogP contribution is 2.44. The second-order valence-corrected chi connectivity index (χ2v) is 8.34. The van der Waals surface area contributed by atoms with E-state index in [-0.39, 0.29) is 17.3 Å². The van der Waals surface area contributed by atoms with Crippen molar-refractivity contribution in [2.45, 2.75) is 26.3 Å². The van der Waals surface area contributed by atoms with Gasteiger partial charge in [0, 0.05) is 34.7 Å². The summed E-state index contributed by atoms with van der Waals surface area (Å²) in [5, 5.41) is 10.4. The van der Waals surface area contributed by atoms with Crippen LogP contribution in [0.3, 0.4) is 0 Å². The molecule has 0 unspecified atom stereocenters. The molecular formula is C26H22FN3O3. The minimum Gasteiger partial charge on any atom is -0.494 e. The highest BCUT2D eigenvalue weighted by molar-refractivity contribution is 6.04. The number of aliphatic imine (C=N–C) groups is 1. The summed E-state index contributed by atoms with van der Waals surface area (Å²) in [6.07, 6.45) is 3.22. The minimum absolute atomic E-state index is 0.0539. The molecule has 4 aromatic rings. The Morgan fingerprint density at radius 2 is 1.94 bits per heavy atom. The van der Waals surface area contributed by atoms with Crippen molar-refractivity contribution in [1.29, 1.82) is 0 Å². The standard InChI is InChI=1S/C26H22FN3O3/c1-14(2)25-23(24-22(33-3)10-17(13-29-24)26(31)32)20-8-15-11-28-12-16(15)9-21(20)30(25)19-6-4-18(27)5-7-19/h4-10,12-14H,11H2,1-3H3,(H,31,32). The molecule has 33 heavy (non-hydrogen) atoms. The van der Waals surface area contributed by atoms with Gasteiger partial charge in [-0.05, 0) is 59.5 Å². The van der Waals surface area contributed by atoms with Crippen molar-refractivity contribution < 1.29 is 19.0 Å². The fourth-order valence-corrected chi connectivity index (χ4v) is 4.48. The lowest BCUT2D eigenvalue weighted by Crippen LogP contribution is -2.05. The lowest BCUT2D eigenvalue weighted by molar-refractivity contribution is 0.0696. The summed E-state index contributed by atoms with van der Waals surface area (Å²) in [4.78, 5) is 20.4. The van der Waals surface area contributed by atoms with E-state index in [1.807, 2.05) is 6.21 Å². The molecule has 0 saturated heterocycles. The van der Waals surface area contributed by atoms with Crippen LogP contribution in [-0.2, 0) is 6.54 Å². The second kappa shape index (κ2) is 7.85. The molecule has 2 aromatic heterocycles. The number of rotatable bonds is 5. The number of pyridine rings is 1. The molecule has 5 rings (SSSR count). The molecule has 0 amide bonds. The fraction of sp³-hybridized carbons (Fsp3) is 0.192. The quantitative estimate of drug-likeness (QED) is 0.436. The Kier molecular flexibility index (Phi) is 4.96. The molecule has 166 valence electrons. The first-order valence-corrected chi connectivity index (χ1v) is 10.6. The first-order valence-electron chi connectivity index (χ1n) is 10.6. The molecule has 0 fully saturated rings. The first kappa shape index (κ1) is 20.9. The van der Waals surface area contributed by atoms with Crippen molar-refractivity contribution in [2.24, 2.45) is 4.99 Å². The van der Waals surface area contributed by atoms with Gasteiger partial charge < -0.3 is 14.4 Å². The maximum Gasteiger partial charge on any atom is 0.337 e. The van der Waals surface area contributed by atoms with Crippen LogP contribution >= 0.6 is 0 Å². The van der Waals surface area contributed by atoms with E-state index in [0.717, 1.165) is 39.0 Å². The van der Waals surface area contributed by atoms with E-state index in [0.29, 0.717) is 18.0 Å². The monoisotopic (exact) mass is 443 g/mol. The smallest absolute Gasteiger partial charge is 0.337 e. The topological polar surface area (TPSA) is 76.7 Å². The maximum absolute atomic E-state index is 13.7. The second-order valence-electron chi connectivity index (χ2n) is 8.34. The minimum atomic E-state index is -1.07. The van der Waals surface area contributed by atoms with Crippen LogP contribution in [0.5, 0.6) is 5.75 Å². The zero-order chi connectivity index (χ0) is 23.3. The SMILES string of the molecule is COc1cc(C(=O)O)cnc1-c1c(C(C)C)n(-c2ccc(F)cc2)c2cc3c(cc12)CN=C3. The molecule has 0 saturated carbocycles. The Labute approximate surface area is 190 Å². The predicted molar refractivity (Wildman–Crippen MR) is 125 cm³/mol. The number of hydrogen-bond donors (Lipinski definition) is 1. The third-order valence-corrected chi connectivity index (χ3v) is 5.94. The van der Waals surface area contributed by atoms with Crippen LogP contribution < -0.4 is 4.74 Å². The van der Waals surface area contributed by atoms with Gasteiger partial charge in [0.2, 0.25) is 0 Å². The van der Waals surface area contributed by atoms with Gasteiger partial charge in [0.1, 0.15) is 17.3 Å². The Hall–Kier alpha value is -4.00. The average Bonchev–Trinajstić information content (AvgIpc) is 3.39. The lowest BCUT2D eigenvalue weighted by Gasteiger charge is -2.16. The zero-order valence-electron chi connectivity index (χ0n) is 18.5. The van der Waals surface area contributed by atoms with Crippen molar-refractivity contribution in [3.05, 3.63) is 76.9 Å². The van der Waals surface area contributed by atoms with Gasteiger partial charge in [0.15, 0.2) is 0 Å². The summed E-state index contributed by atoms with van der Waals surface area (Å²) in [6, 6.07) is 12.1. The molecular weight excluding hydrogens is 421 g/mol. The highest BCUT2D eigenvalue weighted by Gasteiger charge is 2.27. The van der Waals surface area contributed by atoms with Crippen LogP contribution in [-0.4, -0.2) is 34.0 Å². The number of methoxy groups -OCH3 is 1. The van der Waals surface area contributed by atoms with E-state index >= 15 is 0 Å². The number of carbonyl (C=O) groups is 1. The summed E-state index contributed by atoms with van der Waals surface area (Å²) in [5.74, 6) is -0.916. The van der Waals surface area contributed by atoms with E-state index in [2.05, 4.69) is 40.5 Å². The Balaban J connectivity index is 1.91. The van der Waals surface area contributed by atoms with Crippen LogP contribution in [0.25, 0.3) is 27.8 Å². The molecule has 1 aliphatic rings. The van der Waals surface area contributed by atoms with Gasteiger partial charge in [0.05, 0.1) is 24.7 Å². The largest absolute Gasteiger partial charge is 0.494 e. The van der Waals surface area contributed by atoms with E-state index < -0.39 is 5.97 Å². The lowest BCUT2D eigenvalue weighted by atomic mass is 9.97. The first-order chi connectivity index (χ1) is 15.9. The number of aromatic carboxylic acids is 1. The van der Waals surface area contributed by atoms with E-state index in [1.165, 1.54) is 31.5 Å². The number of hydrogen-bond acceptors (Lipinski definition) is 4. The fourth-order valence-electron chi connectivity index (χ4n) is 4.48. The molecule has 2 aromatic carbocycles. The molecule has 0 aliphatic carbocycles. The Morgan fingerprint density at radius 1 is 1.18 bits per heavy atom. The highest BCUT2D eigenvalue weighted by atomic mass is 19.1. The number of carboxylic acids is 1. The van der Waals surface area contributed by atoms with E-state index in [4.69, 9.17) is 4.74 Å². The third-order valence-electron chi connectivity index (χ3n) is 5.94. The molecule has 0 spiro atoms. The molecule has 0 atom stereocenters. The van der Waals surface area contributed by atoms with Crippen molar-refractivity contribution >= 4 is 23.1 Å². The summed E-state index contributed by atoms with van der Waals surface area (Å²) in [5.41, 5.74) is 6.39. The molecule has 7 heteroatoms. The van der Waals surface area contributed by atoms with E-state index in [9.17, 15) is 14.3 Å². The molecule has 0 bridgehead atoms. The van der Waals surface area contributed by atoms with Gasteiger partial charge in [0.25, 0.3) is 0 Å². The molecule has 6 nitrogen and oxygen atoms in total. The Bertz CT molecular complexity index is 1440. The van der Waals surface area contributed by atoms with Gasteiger partial charge in [-0.3, -0.25) is 9.98 Å². The number of ether oxygens (including phenoxy) is 1. The molecule has 1 aliphatic heterocycles. The number of benzene rings is 2. The van der Waals surface area contributed by atoms with Gasteiger partial charge >= 0.3 is 5.97 Å². The van der Waals surface area contributed by atoms with Crippen LogP contribution in [0.1, 0.15) is 46.9 Å². The number of nitrogens with zero attached hydrogens (tertiary/aromatic N) is 3. The number of halogens is 1. The van der Waals surface area contributed by atoms with Gasteiger partial charge in [-0.25, -0.2) is 9.18 Å². The van der Waals surface area contributed by atoms with Gasteiger partial charge in [-0.1, -0.05) is 13.8 Å². The summed E-state index contributed by atoms with van der Waals surface area (Å²) in [7, 11) is 1.51. The molecule has 1 N–H and O–H groups in total. The number of carboxylic acid groups (broad SMARTS) is 1. The van der Waals surface area contributed by atoms with Crippen molar-refractivity contribution in [3.63, 3.8) is 0 Å². The number of aromatic nitrogens is 2. The predicted octanol–water partition coefficient (Wildman–Crippen LogP) is 5.59. The summed E-state index contributed by atoms with van der Waals surface area (Å²) < 4.78 is 21.4. The molecule has 3 heterocycles. The van der Waals surface area contributed by atoms with Crippen LogP contribution in [0, 0.1) is 5.82 Å². The van der Waals surface area contributed by atoms with E-state index in [1.54, 1.807) is 12.1 Å². The van der Waals surface area contributed by atoms with Crippen LogP contribution in [0.2, 0.25) is 0 Å². The number of fused-ring (bicyclic) bond motifs is 2. The van der Waals surface area contributed by atoms with Crippen LogP contribution in [0.4, 0.5) is 4.39 Å².